The monoisotopic (exact) mass is 171 g/mol. The molecule has 0 amide bonds. The summed E-state index contributed by atoms with van der Waals surface area (Å²) >= 11 is 0. The Morgan fingerprint density at radius 1 is 1.17 bits per heavy atom. The molecule has 0 aromatic rings. The Bertz CT molecular complexity index is 160. The van der Waals surface area contributed by atoms with E-state index in [9.17, 15) is 0 Å². The topological polar surface area (TPSA) is 42.2 Å². The molecule has 1 heterocycles. The summed E-state index contributed by atoms with van der Waals surface area (Å²) < 4.78 is 0. The Hall–Kier alpha value is -0.0800. The lowest BCUT2D eigenvalue weighted by molar-refractivity contribution is 0.266. The summed E-state index contributed by atoms with van der Waals surface area (Å²) in [5, 5.41) is 12.4. The fourth-order valence-electron chi connectivity index (χ4n) is 2.01. The molecule has 0 spiro atoms. The van der Waals surface area contributed by atoms with Crippen LogP contribution in [0.5, 0.6) is 0 Å². The van der Waals surface area contributed by atoms with E-state index in [4.69, 9.17) is 5.11 Å². The van der Waals surface area contributed by atoms with E-state index < -0.39 is 0 Å². The molecule has 2 heteroatoms. The Kier molecular flexibility index (Phi) is 2.79. The fraction of sp³-hybridized carbons (Fsp3) is 1.00. The minimum atomic E-state index is 0.205. The second-order valence-electron chi connectivity index (χ2n) is 4.37. The summed E-state index contributed by atoms with van der Waals surface area (Å²) in [5.74, 6) is 0. The second-order valence-corrected chi connectivity index (χ2v) is 4.37. The highest BCUT2D eigenvalue weighted by Gasteiger charge is 2.58. The zero-order chi connectivity index (χ0) is 9.24. The van der Waals surface area contributed by atoms with Gasteiger partial charge in [0.2, 0.25) is 0 Å². The lowest BCUT2D eigenvalue weighted by Crippen LogP contribution is -2.21. The smallest absolute Gasteiger partial charge is 0.0449 e. The first kappa shape index (κ1) is 10.0. The SMILES string of the molecule is CCCCC1(C)NC1(C)CCO. The van der Waals surface area contributed by atoms with Gasteiger partial charge in [-0.25, -0.2) is 0 Å². The van der Waals surface area contributed by atoms with Crippen LogP contribution in [0.4, 0.5) is 0 Å². The number of aliphatic hydroxyl groups excluding tert-OH is 1. The van der Waals surface area contributed by atoms with Crippen LogP contribution in [0.1, 0.15) is 46.5 Å². The predicted molar refractivity (Wildman–Crippen MR) is 51.2 cm³/mol. The first-order chi connectivity index (χ1) is 5.58. The summed E-state index contributed by atoms with van der Waals surface area (Å²) in [5.41, 5.74) is 0.503. The Morgan fingerprint density at radius 3 is 2.25 bits per heavy atom. The van der Waals surface area contributed by atoms with Gasteiger partial charge >= 0.3 is 0 Å². The van der Waals surface area contributed by atoms with Crippen molar-refractivity contribution in [2.75, 3.05) is 6.61 Å². The molecule has 1 saturated heterocycles. The van der Waals surface area contributed by atoms with Gasteiger partial charge < -0.3 is 10.4 Å². The van der Waals surface area contributed by atoms with Gasteiger partial charge in [-0.3, -0.25) is 0 Å². The van der Waals surface area contributed by atoms with Crippen LogP contribution in [0.3, 0.4) is 0 Å². The number of nitrogens with one attached hydrogen (secondary N) is 1. The van der Waals surface area contributed by atoms with E-state index in [1.54, 1.807) is 0 Å². The van der Waals surface area contributed by atoms with Gasteiger partial charge in [0, 0.05) is 17.7 Å². The zero-order valence-electron chi connectivity index (χ0n) is 8.48. The standard InChI is InChI=1S/C10H21NO/c1-4-5-6-9(2)10(3,11-9)7-8-12/h11-12H,4-8H2,1-3H3. The quantitative estimate of drug-likeness (QED) is 0.618. The fourth-order valence-corrected chi connectivity index (χ4v) is 2.01. The van der Waals surface area contributed by atoms with Crippen LogP contribution in [-0.4, -0.2) is 22.8 Å². The molecular formula is C10H21NO. The number of unbranched alkanes of at least 4 members (excludes halogenated alkanes) is 1. The lowest BCUT2D eigenvalue weighted by Gasteiger charge is -2.13. The van der Waals surface area contributed by atoms with E-state index >= 15 is 0 Å². The maximum absolute atomic E-state index is 8.86. The van der Waals surface area contributed by atoms with Crippen molar-refractivity contribution in [3.63, 3.8) is 0 Å². The van der Waals surface area contributed by atoms with Crippen LogP contribution in [0.2, 0.25) is 0 Å². The predicted octanol–water partition coefficient (Wildman–Crippen LogP) is 1.68. The Labute approximate surface area is 75.4 Å². The molecule has 0 aliphatic carbocycles. The van der Waals surface area contributed by atoms with Crippen LogP contribution in [0.25, 0.3) is 0 Å². The van der Waals surface area contributed by atoms with Gasteiger partial charge in [0.25, 0.3) is 0 Å². The van der Waals surface area contributed by atoms with Gasteiger partial charge in [0.05, 0.1) is 0 Å². The van der Waals surface area contributed by atoms with Gasteiger partial charge in [0.15, 0.2) is 0 Å². The van der Waals surface area contributed by atoms with Crippen molar-refractivity contribution in [1.29, 1.82) is 0 Å². The lowest BCUT2D eigenvalue weighted by atomic mass is 9.89. The highest BCUT2D eigenvalue weighted by atomic mass is 16.3. The van der Waals surface area contributed by atoms with Crippen LogP contribution < -0.4 is 5.32 Å². The Morgan fingerprint density at radius 2 is 1.75 bits per heavy atom. The van der Waals surface area contributed by atoms with E-state index in [0.29, 0.717) is 12.1 Å². The molecular weight excluding hydrogens is 150 g/mol. The van der Waals surface area contributed by atoms with Crippen LogP contribution in [0, 0.1) is 0 Å². The Balaban J connectivity index is 2.35. The maximum atomic E-state index is 8.86. The summed E-state index contributed by atoms with van der Waals surface area (Å²) in [4.78, 5) is 0. The second kappa shape index (κ2) is 3.35. The van der Waals surface area contributed by atoms with Gasteiger partial charge in [-0.2, -0.15) is 0 Å². The first-order valence-electron chi connectivity index (χ1n) is 4.98. The number of hydrogen-bond acceptors (Lipinski definition) is 2. The third-order valence-electron chi connectivity index (χ3n) is 3.35. The highest BCUT2D eigenvalue weighted by Crippen LogP contribution is 2.44. The van der Waals surface area contributed by atoms with E-state index in [0.717, 1.165) is 6.42 Å². The van der Waals surface area contributed by atoms with Crippen LogP contribution in [0.15, 0.2) is 0 Å². The summed E-state index contributed by atoms with van der Waals surface area (Å²) in [7, 11) is 0. The van der Waals surface area contributed by atoms with Gasteiger partial charge in [-0.1, -0.05) is 19.8 Å². The van der Waals surface area contributed by atoms with Crippen molar-refractivity contribution in [3.8, 4) is 0 Å². The number of rotatable bonds is 5. The number of aliphatic hydroxyl groups is 1. The van der Waals surface area contributed by atoms with Crippen molar-refractivity contribution in [2.45, 2.75) is 57.5 Å². The molecule has 0 aromatic carbocycles. The molecule has 0 radical (unpaired) electrons. The van der Waals surface area contributed by atoms with Gasteiger partial charge in [-0.15, -0.1) is 0 Å². The third-order valence-corrected chi connectivity index (χ3v) is 3.35. The maximum Gasteiger partial charge on any atom is 0.0449 e. The van der Waals surface area contributed by atoms with Crippen molar-refractivity contribution in [3.05, 3.63) is 0 Å². The molecule has 12 heavy (non-hydrogen) atoms. The molecule has 1 aliphatic rings. The van der Waals surface area contributed by atoms with E-state index in [2.05, 4.69) is 26.1 Å². The first-order valence-corrected chi connectivity index (χ1v) is 4.98. The number of hydrogen-bond donors (Lipinski definition) is 2. The van der Waals surface area contributed by atoms with E-state index in [1.165, 1.54) is 19.3 Å². The van der Waals surface area contributed by atoms with E-state index in [-0.39, 0.29) is 5.54 Å². The molecule has 1 fully saturated rings. The van der Waals surface area contributed by atoms with Crippen molar-refractivity contribution in [2.24, 2.45) is 0 Å². The molecule has 72 valence electrons. The van der Waals surface area contributed by atoms with Gasteiger partial charge in [-0.05, 0) is 26.7 Å². The summed E-state index contributed by atoms with van der Waals surface area (Å²) in [6.45, 7) is 6.98. The van der Waals surface area contributed by atoms with Crippen LogP contribution >= 0.6 is 0 Å². The molecule has 2 nitrogen and oxygen atoms in total. The minimum absolute atomic E-state index is 0.205. The minimum Gasteiger partial charge on any atom is -0.396 e. The van der Waals surface area contributed by atoms with Crippen molar-refractivity contribution < 1.29 is 5.11 Å². The van der Waals surface area contributed by atoms with Crippen LogP contribution in [-0.2, 0) is 0 Å². The molecule has 1 aliphatic heterocycles. The molecule has 0 aromatic heterocycles. The summed E-state index contributed by atoms with van der Waals surface area (Å²) in [6.07, 6.45) is 4.66. The van der Waals surface area contributed by atoms with Crippen molar-refractivity contribution >= 4 is 0 Å². The zero-order valence-corrected chi connectivity index (χ0v) is 8.48. The summed E-state index contributed by atoms with van der Waals surface area (Å²) in [6, 6.07) is 0. The molecule has 0 saturated carbocycles. The highest BCUT2D eigenvalue weighted by molar-refractivity contribution is 5.21. The molecule has 2 unspecified atom stereocenters. The average molecular weight is 171 g/mol. The largest absolute Gasteiger partial charge is 0.396 e. The molecule has 1 rings (SSSR count). The van der Waals surface area contributed by atoms with E-state index in [1.807, 2.05) is 0 Å². The molecule has 2 N–H and O–H groups in total. The normalized spacial score (nSPS) is 40.0. The van der Waals surface area contributed by atoms with Gasteiger partial charge in [0.1, 0.15) is 0 Å². The molecule has 2 atom stereocenters. The average Bonchev–Trinajstić information content (AvgIpc) is 2.52. The third kappa shape index (κ3) is 1.64. The van der Waals surface area contributed by atoms with Crippen molar-refractivity contribution in [1.82, 2.24) is 5.32 Å². The molecule has 0 bridgehead atoms.